The minimum atomic E-state index is 0.186. The first-order chi connectivity index (χ1) is 11.1. The van der Waals surface area contributed by atoms with Gasteiger partial charge >= 0.3 is 0 Å². The first kappa shape index (κ1) is 14.1. The van der Waals surface area contributed by atoms with Crippen molar-refractivity contribution < 1.29 is 0 Å². The van der Waals surface area contributed by atoms with Gasteiger partial charge in [-0.1, -0.05) is 26.8 Å². The maximum absolute atomic E-state index is 4.54. The molecule has 118 valence electrons. The number of fused-ring (bicyclic) bond motifs is 1. The third-order valence-electron chi connectivity index (χ3n) is 4.57. The van der Waals surface area contributed by atoms with Crippen molar-refractivity contribution >= 4 is 11.6 Å². The van der Waals surface area contributed by atoms with Crippen molar-refractivity contribution in [3.05, 3.63) is 48.2 Å². The van der Waals surface area contributed by atoms with Crippen molar-refractivity contribution in [2.75, 3.05) is 11.4 Å². The number of hydrogen-bond donors (Lipinski definition) is 0. The zero-order chi connectivity index (χ0) is 16.0. The van der Waals surface area contributed by atoms with E-state index in [1.165, 1.54) is 5.56 Å². The molecule has 0 aliphatic carbocycles. The Morgan fingerprint density at radius 2 is 2.22 bits per heavy atom. The Bertz CT molecular complexity index is 839. The van der Waals surface area contributed by atoms with Crippen LogP contribution in [0, 0.1) is 5.41 Å². The number of rotatable bonds is 3. The van der Waals surface area contributed by atoms with Gasteiger partial charge in [0.2, 0.25) is 0 Å². The van der Waals surface area contributed by atoms with Crippen molar-refractivity contribution in [3.8, 4) is 0 Å². The summed E-state index contributed by atoms with van der Waals surface area (Å²) in [4.78, 5) is 15.5. The lowest BCUT2D eigenvalue weighted by Gasteiger charge is -2.55. The fourth-order valence-electron chi connectivity index (χ4n) is 3.54. The zero-order valence-corrected chi connectivity index (χ0v) is 13.6. The Labute approximate surface area is 135 Å². The average molecular weight is 308 g/mol. The average Bonchev–Trinajstić information content (AvgIpc) is 3.01. The van der Waals surface area contributed by atoms with Crippen LogP contribution in [0.5, 0.6) is 0 Å². The van der Waals surface area contributed by atoms with Crippen LogP contribution in [0.2, 0.25) is 0 Å². The predicted octanol–water partition coefficient (Wildman–Crippen LogP) is 2.67. The molecule has 0 amide bonds. The Kier molecular flexibility index (Phi) is 3.07. The summed E-state index contributed by atoms with van der Waals surface area (Å²) in [5.74, 6) is 1.71. The van der Waals surface area contributed by atoms with Crippen LogP contribution in [0.15, 0.2) is 36.9 Å². The molecule has 23 heavy (non-hydrogen) atoms. The number of pyridine rings is 1. The molecular formula is C17H20N6. The summed E-state index contributed by atoms with van der Waals surface area (Å²) in [7, 11) is 0. The van der Waals surface area contributed by atoms with E-state index in [1.54, 1.807) is 6.33 Å². The van der Waals surface area contributed by atoms with Crippen LogP contribution in [0.4, 0.5) is 5.82 Å². The molecule has 0 unspecified atom stereocenters. The summed E-state index contributed by atoms with van der Waals surface area (Å²) in [5.41, 5.74) is 2.45. The van der Waals surface area contributed by atoms with Crippen molar-refractivity contribution in [3.63, 3.8) is 0 Å². The van der Waals surface area contributed by atoms with Gasteiger partial charge in [-0.2, -0.15) is 14.6 Å². The van der Waals surface area contributed by atoms with E-state index in [0.717, 1.165) is 24.5 Å². The molecule has 6 nitrogen and oxygen atoms in total. The van der Waals surface area contributed by atoms with E-state index in [4.69, 9.17) is 0 Å². The van der Waals surface area contributed by atoms with Crippen molar-refractivity contribution in [1.82, 2.24) is 24.6 Å². The third-order valence-corrected chi connectivity index (χ3v) is 4.57. The van der Waals surface area contributed by atoms with Gasteiger partial charge in [0.1, 0.15) is 12.1 Å². The number of hydrogen-bond acceptors (Lipinski definition) is 5. The van der Waals surface area contributed by atoms with Gasteiger partial charge in [0.05, 0.1) is 6.04 Å². The molecular weight excluding hydrogens is 288 g/mol. The first-order valence-corrected chi connectivity index (χ1v) is 7.96. The molecule has 1 fully saturated rings. The Hall–Kier alpha value is -2.50. The summed E-state index contributed by atoms with van der Waals surface area (Å²) >= 11 is 0. The molecule has 1 saturated heterocycles. The highest BCUT2D eigenvalue weighted by atomic mass is 15.4. The fourth-order valence-corrected chi connectivity index (χ4v) is 3.54. The topological polar surface area (TPSA) is 59.2 Å². The zero-order valence-electron chi connectivity index (χ0n) is 13.6. The molecule has 3 aromatic rings. The lowest BCUT2D eigenvalue weighted by atomic mass is 9.72. The number of aromatic nitrogens is 5. The quantitative estimate of drug-likeness (QED) is 0.744. The number of aryl methyl sites for hydroxylation is 1. The normalized spacial score (nSPS) is 19.8. The molecule has 1 atom stereocenters. The van der Waals surface area contributed by atoms with Crippen LogP contribution in [0.3, 0.4) is 0 Å². The summed E-state index contributed by atoms with van der Waals surface area (Å²) in [6.45, 7) is 7.66. The Balaban J connectivity index is 1.83. The number of nitrogens with zero attached hydrogens (tertiary/aromatic N) is 6. The second-order valence-electron chi connectivity index (χ2n) is 6.74. The van der Waals surface area contributed by atoms with E-state index in [0.29, 0.717) is 5.78 Å². The highest BCUT2D eigenvalue weighted by Gasteiger charge is 2.47. The van der Waals surface area contributed by atoms with Crippen molar-refractivity contribution in [2.24, 2.45) is 5.41 Å². The Morgan fingerprint density at radius 1 is 1.35 bits per heavy atom. The largest absolute Gasteiger partial charge is 0.348 e. The molecule has 1 aliphatic rings. The summed E-state index contributed by atoms with van der Waals surface area (Å²) in [6.07, 6.45) is 6.22. The van der Waals surface area contributed by atoms with Gasteiger partial charge in [-0.25, -0.2) is 4.98 Å². The monoisotopic (exact) mass is 308 g/mol. The molecule has 4 heterocycles. The third kappa shape index (κ3) is 2.17. The summed E-state index contributed by atoms with van der Waals surface area (Å²) < 4.78 is 1.83. The highest BCUT2D eigenvalue weighted by Crippen LogP contribution is 2.50. The fraction of sp³-hybridized carbons (Fsp3) is 0.412. The van der Waals surface area contributed by atoms with Gasteiger partial charge in [-0.15, -0.1) is 0 Å². The molecule has 0 radical (unpaired) electrons. The lowest BCUT2D eigenvalue weighted by Crippen LogP contribution is -2.56. The number of anilines is 1. The molecule has 0 bridgehead atoms. The molecule has 3 aromatic heterocycles. The van der Waals surface area contributed by atoms with Crippen molar-refractivity contribution in [1.29, 1.82) is 0 Å². The maximum atomic E-state index is 4.54. The van der Waals surface area contributed by atoms with E-state index in [2.05, 4.69) is 57.9 Å². The smallest absolute Gasteiger partial charge is 0.254 e. The molecule has 0 N–H and O–H groups in total. The van der Waals surface area contributed by atoms with Crippen LogP contribution >= 0.6 is 0 Å². The Morgan fingerprint density at radius 3 is 2.91 bits per heavy atom. The van der Waals surface area contributed by atoms with Gasteiger partial charge in [-0.3, -0.25) is 4.98 Å². The van der Waals surface area contributed by atoms with Crippen LogP contribution in [0.1, 0.15) is 38.1 Å². The molecule has 0 saturated carbocycles. The lowest BCUT2D eigenvalue weighted by molar-refractivity contribution is 0.177. The molecule has 1 aliphatic heterocycles. The first-order valence-electron chi connectivity index (χ1n) is 7.96. The van der Waals surface area contributed by atoms with E-state index < -0.39 is 0 Å². The van der Waals surface area contributed by atoms with E-state index in [9.17, 15) is 0 Å². The van der Waals surface area contributed by atoms with Crippen LogP contribution in [-0.4, -0.2) is 31.1 Å². The van der Waals surface area contributed by atoms with Crippen molar-refractivity contribution in [2.45, 2.75) is 33.2 Å². The second-order valence-corrected chi connectivity index (χ2v) is 6.74. The standard InChI is InChI=1S/C17H20N6/c1-4-13-8-14(23-16(21-13)19-11-20-23)22-10-17(2,3)15(22)12-6-5-7-18-9-12/h5-9,11,15H,4,10H2,1-3H3/t15-/m1/s1. The maximum Gasteiger partial charge on any atom is 0.254 e. The van der Waals surface area contributed by atoms with E-state index in [1.807, 2.05) is 23.0 Å². The molecule has 4 rings (SSSR count). The minimum Gasteiger partial charge on any atom is -0.348 e. The van der Waals surface area contributed by atoms with Gasteiger partial charge in [0, 0.05) is 36.1 Å². The summed E-state index contributed by atoms with van der Waals surface area (Å²) in [6, 6.07) is 6.54. The predicted molar refractivity (Wildman–Crippen MR) is 88.3 cm³/mol. The van der Waals surface area contributed by atoms with Gasteiger partial charge in [-0.05, 0) is 18.1 Å². The molecule has 0 spiro atoms. The van der Waals surface area contributed by atoms with Crippen LogP contribution < -0.4 is 4.90 Å². The van der Waals surface area contributed by atoms with E-state index in [-0.39, 0.29) is 11.5 Å². The van der Waals surface area contributed by atoms with E-state index >= 15 is 0 Å². The van der Waals surface area contributed by atoms with Crippen LogP contribution in [0.25, 0.3) is 5.78 Å². The SMILES string of the molecule is CCc1cc(N2CC(C)(C)[C@H]2c2cccnc2)n2ncnc2n1. The molecule has 6 heteroatoms. The van der Waals surface area contributed by atoms with Gasteiger partial charge in [0.15, 0.2) is 0 Å². The van der Waals surface area contributed by atoms with Gasteiger partial charge in [0.25, 0.3) is 5.78 Å². The molecule has 0 aromatic carbocycles. The highest BCUT2D eigenvalue weighted by molar-refractivity contribution is 5.53. The minimum absolute atomic E-state index is 0.186. The summed E-state index contributed by atoms with van der Waals surface area (Å²) in [5, 5.41) is 4.36. The van der Waals surface area contributed by atoms with Crippen LogP contribution in [-0.2, 0) is 6.42 Å². The van der Waals surface area contributed by atoms with Gasteiger partial charge < -0.3 is 4.90 Å². The second kappa shape index (κ2) is 5.01.